The standard InChI is InChI=1S/C22H24N4O3S/c23-22-26-19(14-30-22)12-21(28)25-18-8-6-16(7-9-18)10-11-24-13-20(29-15-27)17-4-2-1-3-5-17/h1-9,14-15,20,24H,10-13H2,(H2,23,26)(H,25,28)/t20-/m0/s1. The zero-order valence-corrected chi connectivity index (χ0v) is 17.2. The van der Waals surface area contributed by atoms with Crippen molar-refractivity contribution >= 4 is 34.5 Å². The number of anilines is 2. The lowest BCUT2D eigenvalue weighted by molar-refractivity contribution is -0.133. The van der Waals surface area contributed by atoms with E-state index in [2.05, 4.69) is 15.6 Å². The van der Waals surface area contributed by atoms with Gasteiger partial charge in [-0.2, -0.15) is 0 Å². The molecule has 0 aliphatic rings. The van der Waals surface area contributed by atoms with Crippen LogP contribution in [0.3, 0.4) is 0 Å². The number of carbonyl (C=O) groups is 2. The van der Waals surface area contributed by atoms with Crippen LogP contribution < -0.4 is 16.4 Å². The van der Waals surface area contributed by atoms with Gasteiger partial charge in [-0.15, -0.1) is 11.3 Å². The molecule has 0 bridgehead atoms. The number of nitrogens with zero attached hydrogens (tertiary/aromatic N) is 1. The molecule has 156 valence electrons. The summed E-state index contributed by atoms with van der Waals surface area (Å²) in [6.07, 6.45) is 0.703. The Labute approximate surface area is 179 Å². The molecule has 0 aliphatic heterocycles. The van der Waals surface area contributed by atoms with E-state index in [-0.39, 0.29) is 18.4 Å². The van der Waals surface area contributed by atoms with E-state index < -0.39 is 0 Å². The van der Waals surface area contributed by atoms with Gasteiger partial charge in [-0.25, -0.2) is 4.98 Å². The van der Waals surface area contributed by atoms with Gasteiger partial charge in [0.15, 0.2) is 5.13 Å². The van der Waals surface area contributed by atoms with Crippen LogP contribution in [0.5, 0.6) is 0 Å². The smallest absolute Gasteiger partial charge is 0.293 e. The number of carbonyl (C=O) groups excluding carboxylic acids is 2. The second-order valence-corrected chi connectivity index (χ2v) is 7.57. The summed E-state index contributed by atoms with van der Waals surface area (Å²) in [5.74, 6) is -0.128. The summed E-state index contributed by atoms with van der Waals surface area (Å²) >= 11 is 1.32. The third-order valence-corrected chi connectivity index (χ3v) is 5.18. The molecule has 1 atom stereocenters. The molecule has 0 radical (unpaired) electrons. The first-order valence-electron chi connectivity index (χ1n) is 9.57. The highest BCUT2D eigenvalue weighted by Gasteiger charge is 2.11. The Balaban J connectivity index is 1.42. The summed E-state index contributed by atoms with van der Waals surface area (Å²) < 4.78 is 5.18. The van der Waals surface area contributed by atoms with Gasteiger partial charge in [-0.3, -0.25) is 9.59 Å². The fourth-order valence-corrected chi connectivity index (χ4v) is 3.54. The minimum atomic E-state index is -0.311. The molecule has 0 spiro atoms. The van der Waals surface area contributed by atoms with Gasteiger partial charge in [0.05, 0.1) is 12.1 Å². The van der Waals surface area contributed by atoms with Crippen LogP contribution >= 0.6 is 11.3 Å². The lowest BCUT2D eigenvalue weighted by atomic mass is 10.1. The monoisotopic (exact) mass is 424 g/mol. The molecular weight excluding hydrogens is 400 g/mol. The summed E-state index contributed by atoms with van der Waals surface area (Å²) in [7, 11) is 0. The average Bonchev–Trinajstić information content (AvgIpc) is 3.16. The number of amides is 1. The molecule has 0 saturated carbocycles. The van der Waals surface area contributed by atoms with Gasteiger partial charge < -0.3 is 21.1 Å². The van der Waals surface area contributed by atoms with Crippen molar-refractivity contribution in [2.45, 2.75) is 18.9 Å². The second kappa shape index (κ2) is 11.1. The average molecular weight is 425 g/mol. The van der Waals surface area contributed by atoms with Gasteiger partial charge in [0.2, 0.25) is 5.91 Å². The highest BCUT2D eigenvalue weighted by molar-refractivity contribution is 7.13. The van der Waals surface area contributed by atoms with Gasteiger partial charge in [-0.1, -0.05) is 42.5 Å². The number of hydrogen-bond acceptors (Lipinski definition) is 7. The predicted octanol–water partition coefficient (Wildman–Crippen LogP) is 2.95. The van der Waals surface area contributed by atoms with E-state index in [4.69, 9.17) is 10.5 Å². The molecule has 3 rings (SSSR count). The van der Waals surface area contributed by atoms with E-state index in [9.17, 15) is 9.59 Å². The lowest BCUT2D eigenvalue weighted by Crippen LogP contribution is -2.25. The lowest BCUT2D eigenvalue weighted by Gasteiger charge is -2.16. The van der Waals surface area contributed by atoms with Crippen molar-refractivity contribution < 1.29 is 14.3 Å². The van der Waals surface area contributed by atoms with Gasteiger partial charge in [-0.05, 0) is 36.2 Å². The number of ether oxygens (including phenoxy) is 1. The van der Waals surface area contributed by atoms with E-state index in [1.807, 2.05) is 54.6 Å². The van der Waals surface area contributed by atoms with Crippen LogP contribution in [0.15, 0.2) is 60.0 Å². The summed E-state index contributed by atoms with van der Waals surface area (Å²) in [5.41, 5.74) is 9.09. The van der Waals surface area contributed by atoms with Crippen molar-refractivity contribution in [3.8, 4) is 0 Å². The van der Waals surface area contributed by atoms with Crippen LogP contribution in [0.25, 0.3) is 0 Å². The van der Waals surface area contributed by atoms with Crippen LogP contribution in [0.1, 0.15) is 22.9 Å². The zero-order chi connectivity index (χ0) is 21.2. The third kappa shape index (κ3) is 6.68. The van der Waals surface area contributed by atoms with Crippen LogP contribution in [0, 0.1) is 0 Å². The van der Waals surface area contributed by atoms with Crippen LogP contribution in [0.4, 0.5) is 10.8 Å². The Morgan fingerprint density at radius 1 is 1.17 bits per heavy atom. The number of nitrogens with one attached hydrogen (secondary N) is 2. The highest BCUT2D eigenvalue weighted by Crippen LogP contribution is 2.16. The molecule has 1 heterocycles. The van der Waals surface area contributed by atoms with Crippen LogP contribution in [-0.4, -0.2) is 30.5 Å². The van der Waals surface area contributed by atoms with Crippen molar-refractivity contribution in [1.29, 1.82) is 0 Å². The Morgan fingerprint density at radius 2 is 1.93 bits per heavy atom. The number of aromatic nitrogens is 1. The van der Waals surface area contributed by atoms with Gasteiger partial charge in [0.1, 0.15) is 6.10 Å². The molecule has 3 aromatic rings. The van der Waals surface area contributed by atoms with Crippen LogP contribution in [-0.2, 0) is 27.2 Å². The molecule has 8 heteroatoms. The van der Waals surface area contributed by atoms with E-state index in [1.54, 1.807) is 5.38 Å². The quantitative estimate of drug-likeness (QED) is 0.323. The normalized spacial score (nSPS) is 11.6. The summed E-state index contributed by atoms with van der Waals surface area (Å²) in [6.45, 7) is 1.76. The molecule has 4 N–H and O–H groups in total. The van der Waals surface area contributed by atoms with E-state index in [0.717, 1.165) is 29.8 Å². The van der Waals surface area contributed by atoms with Crippen molar-refractivity contribution in [2.24, 2.45) is 0 Å². The molecule has 7 nitrogen and oxygen atoms in total. The maximum absolute atomic E-state index is 12.1. The first-order valence-corrected chi connectivity index (χ1v) is 10.5. The molecule has 1 amide bonds. The number of hydrogen-bond donors (Lipinski definition) is 3. The molecular formula is C22H24N4O3S. The Kier molecular flexibility index (Phi) is 7.94. The molecule has 0 saturated heterocycles. The highest BCUT2D eigenvalue weighted by atomic mass is 32.1. The first-order chi connectivity index (χ1) is 14.6. The zero-order valence-electron chi connectivity index (χ0n) is 16.4. The maximum atomic E-state index is 12.1. The fraction of sp³-hybridized carbons (Fsp3) is 0.227. The number of nitrogen functional groups attached to an aromatic ring is 1. The maximum Gasteiger partial charge on any atom is 0.293 e. The molecule has 0 fully saturated rings. The molecule has 30 heavy (non-hydrogen) atoms. The molecule has 2 aromatic carbocycles. The number of thiazole rings is 1. The van der Waals surface area contributed by atoms with Crippen LogP contribution in [0.2, 0.25) is 0 Å². The summed E-state index contributed by atoms with van der Waals surface area (Å²) in [6, 6.07) is 17.4. The van der Waals surface area contributed by atoms with E-state index >= 15 is 0 Å². The topological polar surface area (TPSA) is 106 Å². The SMILES string of the molecule is Nc1nc(CC(=O)Nc2ccc(CCNC[C@H](OC=O)c3ccccc3)cc2)cs1. The molecule has 0 aliphatic carbocycles. The van der Waals surface area contributed by atoms with E-state index in [0.29, 0.717) is 23.8 Å². The fourth-order valence-electron chi connectivity index (χ4n) is 2.97. The largest absolute Gasteiger partial charge is 0.458 e. The minimum absolute atomic E-state index is 0.128. The Hall–Kier alpha value is -3.23. The number of benzene rings is 2. The molecule has 0 unspecified atom stereocenters. The Morgan fingerprint density at radius 3 is 2.60 bits per heavy atom. The van der Waals surface area contributed by atoms with Crippen molar-refractivity contribution in [2.75, 3.05) is 24.1 Å². The number of nitrogens with two attached hydrogens (primary N) is 1. The molecule has 1 aromatic heterocycles. The first kappa shape index (κ1) is 21.5. The van der Waals surface area contributed by atoms with E-state index in [1.165, 1.54) is 11.3 Å². The van der Waals surface area contributed by atoms with Gasteiger partial charge >= 0.3 is 0 Å². The summed E-state index contributed by atoms with van der Waals surface area (Å²) in [5, 5.41) is 8.43. The minimum Gasteiger partial charge on any atom is -0.458 e. The summed E-state index contributed by atoms with van der Waals surface area (Å²) in [4.78, 5) is 26.9. The van der Waals surface area contributed by atoms with Gasteiger partial charge in [0.25, 0.3) is 6.47 Å². The predicted molar refractivity (Wildman–Crippen MR) is 118 cm³/mol. The van der Waals surface area contributed by atoms with Crippen molar-refractivity contribution in [3.63, 3.8) is 0 Å². The Bertz CT molecular complexity index is 945. The second-order valence-electron chi connectivity index (χ2n) is 6.68. The van der Waals surface area contributed by atoms with Crippen molar-refractivity contribution in [3.05, 3.63) is 76.8 Å². The van der Waals surface area contributed by atoms with Gasteiger partial charge in [0, 0.05) is 17.6 Å². The third-order valence-electron chi connectivity index (χ3n) is 4.46. The van der Waals surface area contributed by atoms with Crippen molar-refractivity contribution in [1.82, 2.24) is 10.3 Å². The number of rotatable bonds is 11.